The van der Waals surface area contributed by atoms with E-state index in [1.165, 1.54) is 37.8 Å². The molecule has 0 aromatic heterocycles. The predicted octanol–water partition coefficient (Wildman–Crippen LogP) is 2.91. The van der Waals surface area contributed by atoms with E-state index in [0.29, 0.717) is 5.41 Å². The predicted molar refractivity (Wildman–Crippen MR) is 84.2 cm³/mol. The monoisotopic (exact) mass is 276 g/mol. The summed E-state index contributed by atoms with van der Waals surface area (Å²) in [4.78, 5) is 2.46. The third kappa shape index (κ3) is 3.97. The minimum Gasteiger partial charge on any atom is -0.497 e. The van der Waals surface area contributed by atoms with Crippen LogP contribution in [0.5, 0.6) is 5.75 Å². The van der Waals surface area contributed by atoms with E-state index in [4.69, 9.17) is 4.74 Å². The van der Waals surface area contributed by atoms with Crippen LogP contribution < -0.4 is 10.1 Å². The van der Waals surface area contributed by atoms with E-state index in [0.717, 1.165) is 18.8 Å². The largest absolute Gasteiger partial charge is 0.497 e. The van der Waals surface area contributed by atoms with E-state index in [1.807, 2.05) is 6.07 Å². The van der Waals surface area contributed by atoms with Crippen molar-refractivity contribution < 1.29 is 4.74 Å². The van der Waals surface area contributed by atoms with Crippen molar-refractivity contribution in [3.63, 3.8) is 0 Å². The number of benzene rings is 1. The molecular weight excluding hydrogens is 248 g/mol. The molecule has 2 rings (SSSR count). The van der Waals surface area contributed by atoms with Gasteiger partial charge in [-0.15, -0.1) is 0 Å². The SMILES string of the molecule is CNCC1(CN(C)Cc2cccc(OC)c2)CCCC1. The maximum Gasteiger partial charge on any atom is 0.119 e. The lowest BCUT2D eigenvalue weighted by Gasteiger charge is -2.33. The molecule has 20 heavy (non-hydrogen) atoms. The number of methoxy groups -OCH3 is 1. The van der Waals surface area contributed by atoms with Crippen molar-refractivity contribution in [1.29, 1.82) is 0 Å². The minimum atomic E-state index is 0.475. The highest BCUT2D eigenvalue weighted by molar-refractivity contribution is 5.28. The lowest BCUT2D eigenvalue weighted by molar-refractivity contribution is 0.170. The van der Waals surface area contributed by atoms with Gasteiger partial charge in [0.15, 0.2) is 0 Å². The molecule has 0 bridgehead atoms. The fraction of sp³-hybridized carbons (Fsp3) is 0.647. The molecule has 0 saturated heterocycles. The molecule has 1 aromatic carbocycles. The zero-order valence-corrected chi connectivity index (χ0v) is 13.1. The van der Waals surface area contributed by atoms with Gasteiger partial charge in [0.05, 0.1) is 7.11 Å². The van der Waals surface area contributed by atoms with Gasteiger partial charge in [0.1, 0.15) is 5.75 Å². The van der Waals surface area contributed by atoms with Crippen LogP contribution in [0.25, 0.3) is 0 Å². The van der Waals surface area contributed by atoms with Crippen molar-refractivity contribution in [1.82, 2.24) is 10.2 Å². The number of nitrogens with one attached hydrogen (secondary N) is 1. The first-order valence-electron chi connectivity index (χ1n) is 7.63. The topological polar surface area (TPSA) is 24.5 Å². The van der Waals surface area contributed by atoms with Crippen LogP contribution in [0.3, 0.4) is 0 Å². The summed E-state index contributed by atoms with van der Waals surface area (Å²) in [7, 11) is 6.03. The molecular formula is C17H28N2O. The molecule has 0 amide bonds. The van der Waals surface area contributed by atoms with Crippen molar-refractivity contribution >= 4 is 0 Å². The molecule has 1 aromatic rings. The van der Waals surface area contributed by atoms with Gasteiger partial charge in [0.25, 0.3) is 0 Å². The summed E-state index contributed by atoms with van der Waals surface area (Å²) < 4.78 is 5.30. The summed E-state index contributed by atoms with van der Waals surface area (Å²) >= 11 is 0. The van der Waals surface area contributed by atoms with E-state index >= 15 is 0 Å². The molecule has 1 fully saturated rings. The Balaban J connectivity index is 1.95. The standard InChI is InChI=1S/C17H28N2O/c1-18-13-17(9-4-5-10-17)14-19(2)12-15-7-6-8-16(11-15)20-3/h6-8,11,18H,4-5,9-10,12-14H2,1-3H3. The number of hydrogen-bond acceptors (Lipinski definition) is 3. The Labute approximate surface area is 123 Å². The van der Waals surface area contributed by atoms with Crippen LogP contribution in [0.15, 0.2) is 24.3 Å². The molecule has 0 atom stereocenters. The van der Waals surface area contributed by atoms with Crippen molar-refractivity contribution in [2.45, 2.75) is 32.2 Å². The van der Waals surface area contributed by atoms with Crippen molar-refractivity contribution in [2.24, 2.45) is 5.41 Å². The van der Waals surface area contributed by atoms with Gasteiger partial charge in [-0.05, 0) is 50.0 Å². The Kier molecular flexibility index (Phi) is 5.44. The highest BCUT2D eigenvalue weighted by atomic mass is 16.5. The average Bonchev–Trinajstić information content (AvgIpc) is 2.87. The zero-order valence-electron chi connectivity index (χ0n) is 13.1. The maximum atomic E-state index is 5.30. The second kappa shape index (κ2) is 7.09. The van der Waals surface area contributed by atoms with Crippen molar-refractivity contribution in [2.75, 3.05) is 34.3 Å². The molecule has 0 aliphatic heterocycles. The molecule has 0 spiro atoms. The fourth-order valence-electron chi connectivity index (χ4n) is 3.60. The highest BCUT2D eigenvalue weighted by Gasteiger charge is 2.34. The van der Waals surface area contributed by atoms with Gasteiger partial charge < -0.3 is 15.0 Å². The Bertz CT molecular complexity index is 413. The lowest BCUT2D eigenvalue weighted by Crippen LogP contribution is -2.40. The second-order valence-corrected chi connectivity index (χ2v) is 6.26. The van der Waals surface area contributed by atoms with Gasteiger partial charge >= 0.3 is 0 Å². The summed E-state index contributed by atoms with van der Waals surface area (Å²) in [5.41, 5.74) is 1.80. The van der Waals surface area contributed by atoms with E-state index in [2.05, 4.69) is 42.5 Å². The van der Waals surface area contributed by atoms with Crippen LogP contribution >= 0.6 is 0 Å². The summed E-state index contributed by atoms with van der Waals surface area (Å²) in [5, 5.41) is 3.39. The van der Waals surface area contributed by atoms with Gasteiger partial charge in [0, 0.05) is 19.6 Å². The first-order chi connectivity index (χ1) is 9.67. The summed E-state index contributed by atoms with van der Waals surface area (Å²) in [5.74, 6) is 0.946. The lowest BCUT2D eigenvalue weighted by atomic mass is 9.85. The average molecular weight is 276 g/mol. The molecule has 3 heteroatoms. The number of ether oxygens (including phenoxy) is 1. The minimum absolute atomic E-state index is 0.475. The number of rotatable bonds is 7. The zero-order chi connectivity index (χ0) is 14.4. The summed E-state index contributed by atoms with van der Waals surface area (Å²) in [6, 6.07) is 8.39. The van der Waals surface area contributed by atoms with Crippen LogP contribution in [0.4, 0.5) is 0 Å². The van der Waals surface area contributed by atoms with E-state index < -0.39 is 0 Å². The molecule has 3 nitrogen and oxygen atoms in total. The first kappa shape index (κ1) is 15.3. The molecule has 0 heterocycles. The Morgan fingerprint density at radius 1 is 1.30 bits per heavy atom. The fourth-order valence-corrected chi connectivity index (χ4v) is 3.60. The Hall–Kier alpha value is -1.06. The number of nitrogens with zero attached hydrogens (tertiary/aromatic N) is 1. The molecule has 1 N–H and O–H groups in total. The quantitative estimate of drug-likeness (QED) is 0.829. The molecule has 1 aliphatic rings. The van der Waals surface area contributed by atoms with Gasteiger partial charge in [0.2, 0.25) is 0 Å². The van der Waals surface area contributed by atoms with E-state index in [1.54, 1.807) is 7.11 Å². The molecule has 1 aliphatic carbocycles. The number of hydrogen-bond donors (Lipinski definition) is 1. The van der Waals surface area contributed by atoms with Crippen LogP contribution in [0, 0.1) is 5.41 Å². The van der Waals surface area contributed by atoms with Crippen molar-refractivity contribution in [3.8, 4) is 5.75 Å². The van der Waals surface area contributed by atoms with Gasteiger partial charge in [-0.3, -0.25) is 0 Å². The van der Waals surface area contributed by atoms with Crippen LogP contribution in [-0.4, -0.2) is 39.2 Å². The summed E-state index contributed by atoms with van der Waals surface area (Å²) in [6.07, 6.45) is 5.48. The van der Waals surface area contributed by atoms with E-state index in [-0.39, 0.29) is 0 Å². The maximum absolute atomic E-state index is 5.30. The molecule has 0 radical (unpaired) electrons. The normalized spacial score (nSPS) is 17.6. The van der Waals surface area contributed by atoms with Crippen LogP contribution in [-0.2, 0) is 6.54 Å². The summed E-state index contributed by atoms with van der Waals surface area (Å²) in [6.45, 7) is 3.29. The van der Waals surface area contributed by atoms with Crippen molar-refractivity contribution in [3.05, 3.63) is 29.8 Å². The van der Waals surface area contributed by atoms with Gasteiger partial charge in [-0.1, -0.05) is 25.0 Å². The van der Waals surface area contributed by atoms with Crippen LogP contribution in [0.2, 0.25) is 0 Å². The molecule has 0 unspecified atom stereocenters. The smallest absolute Gasteiger partial charge is 0.119 e. The first-order valence-corrected chi connectivity index (χ1v) is 7.63. The third-order valence-corrected chi connectivity index (χ3v) is 4.41. The van der Waals surface area contributed by atoms with E-state index in [9.17, 15) is 0 Å². The van der Waals surface area contributed by atoms with Crippen LogP contribution in [0.1, 0.15) is 31.2 Å². The van der Waals surface area contributed by atoms with Gasteiger partial charge in [-0.2, -0.15) is 0 Å². The second-order valence-electron chi connectivity index (χ2n) is 6.26. The Morgan fingerprint density at radius 2 is 2.05 bits per heavy atom. The third-order valence-electron chi connectivity index (χ3n) is 4.41. The Morgan fingerprint density at radius 3 is 2.70 bits per heavy atom. The molecule has 1 saturated carbocycles. The highest BCUT2D eigenvalue weighted by Crippen LogP contribution is 2.38. The van der Waals surface area contributed by atoms with Gasteiger partial charge in [-0.25, -0.2) is 0 Å². The molecule has 112 valence electrons.